The number of hydrogen-bond acceptors (Lipinski definition) is 5. The molecule has 0 saturated carbocycles. The van der Waals surface area contributed by atoms with E-state index in [1.807, 2.05) is 5.38 Å². The lowest BCUT2D eigenvalue weighted by molar-refractivity contribution is 0.0384. The number of ether oxygens (including phenoxy) is 1. The average Bonchev–Trinajstić information content (AvgIpc) is 2.76. The van der Waals surface area contributed by atoms with Crippen LogP contribution < -0.4 is 0 Å². The molecule has 0 N–H and O–H groups in total. The molecule has 0 radical (unpaired) electrons. The highest BCUT2D eigenvalue weighted by Gasteiger charge is 2.10. The summed E-state index contributed by atoms with van der Waals surface area (Å²) in [5, 5.41) is 11.7. The summed E-state index contributed by atoms with van der Waals surface area (Å²) in [6.45, 7) is 4.78. The second-order valence-corrected chi connectivity index (χ2v) is 4.71. The number of nitrogens with zero attached hydrogens (tertiary/aromatic N) is 3. The van der Waals surface area contributed by atoms with Crippen LogP contribution in [-0.4, -0.2) is 42.7 Å². The number of rotatable bonds is 4. The van der Waals surface area contributed by atoms with Crippen LogP contribution in [0.3, 0.4) is 0 Å². The second-order valence-electron chi connectivity index (χ2n) is 3.77. The molecule has 5 heteroatoms. The molecule has 0 bridgehead atoms. The molecule has 1 aliphatic rings. The Morgan fingerprint density at radius 2 is 2.31 bits per heavy atom. The SMILES string of the molecule is N#CCc1csc(CCN2CCOCC2)n1. The lowest BCUT2D eigenvalue weighted by Crippen LogP contribution is -2.37. The Balaban J connectivity index is 1.77. The minimum absolute atomic E-state index is 0.425. The van der Waals surface area contributed by atoms with Crippen molar-refractivity contribution in [2.24, 2.45) is 0 Å². The summed E-state index contributed by atoms with van der Waals surface area (Å²) < 4.78 is 5.30. The number of hydrogen-bond donors (Lipinski definition) is 0. The van der Waals surface area contributed by atoms with Crippen LogP contribution in [-0.2, 0) is 17.6 Å². The van der Waals surface area contributed by atoms with Crippen molar-refractivity contribution in [1.29, 1.82) is 5.26 Å². The van der Waals surface area contributed by atoms with Gasteiger partial charge < -0.3 is 4.74 Å². The molecule has 0 amide bonds. The van der Waals surface area contributed by atoms with Gasteiger partial charge in [0.25, 0.3) is 0 Å². The van der Waals surface area contributed by atoms with Gasteiger partial charge in [-0.15, -0.1) is 11.3 Å². The van der Waals surface area contributed by atoms with Gasteiger partial charge in [0.2, 0.25) is 0 Å². The molecule has 0 aromatic carbocycles. The topological polar surface area (TPSA) is 49.2 Å². The van der Waals surface area contributed by atoms with Gasteiger partial charge in [0.05, 0.1) is 36.4 Å². The van der Waals surface area contributed by atoms with Gasteiger partial charge in [-0.2, -0.15) is 5.26 Å². The molecule has 4 nitrogen and oxygen atoms in total. The van der Waals surface area contributed by atoms with Crippen LogP contribution in [0.4, 0.5) is 0 Å². The largest absolute Gasteiger partial charge is 0.379 e. The monoisotopic (exact) mass is 237 g/mol. The van der Waals surface area contributed by atoms with Crippen molar-refractivity contribution in [3.05, 3.63) is 16.1 Å². The summed E-state index contributed by atoms with van der Waals surface area (Å²) in [6, 6.07) is 2.12. The maximum Gasteiger partial charge on any atom is 0.0941 e. The minimum atomic E-state index is 0.425. The van der Waals surface area contributed by atoms with Gasteiger partial charge >= 0.3 is 0 Å². The van der Waals surface area contributed by atoms with Crippen LogP contribution >= 0.6 is 11.3 Å². The number of aromatic nitrogens is 1. The van der Waals surface area contributed by atoms with E-state index in [1.54, 1.807) is 11.3 Å². The molecule has 0 spiro atoms. The third kappa shape index (κ3) is 3.27. The van der Waals surface area contributed by atoms with Crippen molar-refractivity contribution in [3.8, 4) is 6.07 Å². The average molecular weight is 237 g/mol. The molecule has 0 unspecified atom stereocenters. The third-order valence-corrected chi connectivity index (χ3v) is 3.56. The normalized spacial score (nSPS) is 17.2. The summed E-state index contributed by atoms with van der Waals surface area (Å²) in [6.07, 6.45) is 1.41. The summed E-state index contributed by atoms with van der Waals surface area (Å²) >= 11 is 1.66. The van der Waals surface area contributed by atoms with Crippen molar-refractivity contribution in [2.75, 3.05) is 32.8 Å². The molecule has 1 aromatic heterocycles. The number of morpholine rings is 1. The minimum Gasteiger partial charge on any atom is -0.379 e. The van der Waals surface area contributed by atoms with E-state index in [0.29, 0.717) is 6.42 Å². The van der Waals surface area contributed by atoms with Crippen molar-refractivity contribution in [3.63, 3.8) is 0 Å². The van der Waals surface area contributed by atoms with Crippen LogP contribution in [0, 0.1) is 11.3 Å². The lowest BCUT2D eigenvalue weighted by atomic mass is 10.3. The Hall–Kier alpha value is -0.960. The predicted octanol–water partition coefficient (Wildman–Crippen LogP) is 1.08. The summed E-state index contributed by atoms with van der Waals surface area (Å²) in [7, 11) is 0. The molecule has 1 saturated heterocycles. The zero-order valence-electron chi connectivity index (χ0n) is 9.19. The Bertz CT molecular complexity index is 366. The first kappa shape index (κ1) is 11.5. The van der Waals surface area contributed by atoms with Crippen LogP contribution in [0.5, 0.6) is 0 Å². The highest BCUT2D eigenvalue weighted by molar-refractivity contribution is 7.09. The van der Waals surface area contributed by atoms with E-state index in [-0.39, 0.29) is 0 Å². The van der Waals surface area contributed by atoms with Crippen LogP contribution in [0.15, 0.2) is 5.38 Å². The van der Waals surface area contributed by atoms with Gasteiger partial charge in [-0.3, -0.25) is 4.90 Å². The van der Waals surface area contributed by atoms with Crippen molar-refractivity contribution in [2.45, 2.75) is 12.8 Å². The maximum atomic E-state index is 8.56. The molecule has 0 aliphatic carbocycles. The number of thiazole rings is 1. The van der Waals surface area contributed by atoms with Crippen LogP contribution in [0.2, 0.25) is 0 Å². The van der Waals surface area contributed by atoms with Crippen LogP contribution in [0.1, 0.15) is 10.7 Å². The Morgan fingerprint density at radius 3 is 3.06 bits per heavy atom. The van der Waals surface area contributed by atoms with Gasteiger partial charge in [0.1, 0.15) is 0 Å². The molecule has 2 heterocycles. The first-order valence-corrected chi connectivity index (χ1v) is 6.37. The van der Waals surface area contributed by atoms with E-state index in [2.05, 4.69) is 16.0 Å². The summed E-state index contributed by atoms with van der Waals surface area (Å²) in [4.78, 5) is 6.82. The van der Waals surface area contributed by atoms with Gasteiger partial charge in [0, 0.05) is 31.4 Å². The van der Waals surface area contributed by atoms with Gasteiger partial charge in [-0.25, -0.2) is 4.98 Å². The summed E-state index contributed by atoms with van der Waals surface area (Å²) in [5.41, 5.74) is 0.907. The molecule has 86 valence electrons. The highest BCUT2D eigenvalue weighted by atomic mass is 32.1. The molecular weight excluding hydrogens is 222 g/mol. The standard InChI is InChI=1S/C11H15N3OS/c12-3-1-10-9-16-11(13-10)2-4-14-5-7-15-8-6-14/h9H,1-2,4-8H2. The zero-order valence-corrected chi connectivity index (χ0v) is 10.0. The van der Waals surface area contributed by atoms with E-state index in [9.17, 15) is 0 Å². The Labute approximate surface area is 99.5 Å². The third-order valence-electron chi connectivity index (χ3n) is 2.61. The molecule has 2 rings (SSSR count). The first-order chi connectivity index (χ1) is 7.88. The van der Waals surface area contributed by atoms with Crippen LogP contribution in [0.25, 0.3) is 0 Å². The van der Waals surface area contributed by atoms with Crippen molar-refractivity contribution < 1.29 is 4.74 Å². The molecular formula is C11H15N3OS. The van der Waals surface area contributed by atoms with E-state index < -0.39 is 0 Å². The summed E-state index contributed by atoms with van der Waals surface area (Å²) in [5.74, 6) is 0. The smallest absolute Gasteiger partial charge is 0.0941 e. The Kier molecular flexibility index (Phi) is 4.28. The number of nitriles is 1. The lowest BCUT2D eigenvalue weighted by Gasteiger charge is -2.25. The molecule has 1 aromatic rings. The van der Waals surface area contributed by atoms with Gasteiger partial charge in [-0.05, 0) is 0 Å². The van der Waals surface area contributed by atoms with Gasteiger partial charge in [-0.1, -0.05) is 0 Å². The van der Waals surface area contributed by atoms with Crippen molar-refractivity contribution in [1.82, 2.24) is 9.88 Å². The maximum absolute atomic E-state index is 8.56. The fraction of sp³-hybridized carbons (Fsp3) is 0.636. The van der Waals surface area contributed by atoms with E-state index in [1.165, 1.54) is 0 Å². The van der Waals surface area contributed by atoms with Gasteiger partial charge in [0.15, 0.2) is 0 Å². The molecule has 0 atom stereocenters. The van der Waals surface area contributed by atoms with E-state index in [0.717, 1.165) is 50.0 Å². The molecule has 16 heavy (non-hydrogen) atoms. The molecule has 1 aliphatic heterocycles. The van der Waals surface area contributed by atoms with E-state index in [4.69, 9.17) is 10.00 Å². The zero-order chi connectivity index (χ0) is 11.2. The van der Waals surface area contributed by atoms with Crippen molar-refractivity contribution >= 4 is 11.3 Å². The fourth-order valence-electron chi connectivity index (χ4n) is 1.70. The second kappa shape index (κ2) is 5.94. The molecule has 1 fully saturated rings. The first-order valence-electron chi connectivity index (χ1n) is 5.49. The predicted molar refractivity (Wildman–Crippen MR) is 62.4 cm³/mol. The van der Waals surface area contributed by atoms with E-state index >= 15 is 0 Å². The Morgan fingerprint density at radius 1 is 1.50 bits per heavy atom. The fourth-order valence-corrected chi connectivity index (χ4v) is 2.49. The highest BCUT2D eigenvalue weighted by Crippen LogP contribution is 2.11. The quantitative estimate of drug-likeness (QED) is 0.786.